The van der Waals surface area contributed by atoms with Crippen LogP contribution in [0.2, 0.25) is 5.02 Å². The fourth-order valence-corrected chi connectivity index (χ4v) is 3.30. The molecule has 0 spiro atoms. The second kappa shape index (κ2) is 5.70. The van der Waals surface area contributed by atoms with Gasteiger partial charge < -0.3 is 10.5 Å². The lowest BCUT2D eigenvalue weighted by atomic mass is 9.86. The summed E-state index contributed by atoms with van der Waals surface area (Å²) in [4.78, 5) is 0. The highest BCUT2D eigenvalue weighted by Crippen LogP contribution is 2.35. The van der Waals surface area contributed by atoms with Crippen LogP contribution in [0, 0.1) is 0 Å². The Morgan fingerprint density at radius 3 is 2.71 bits per heavy atom. The maximum absolute atomic E-state index is 6.53. The van der Waals surface area contributed by atoms with Gasteiger partial charge in [0.25, 0.3) is 0 Å². The Morgan fingerprint density at radius 2 is 1.95 bits per heavy atom. The van der Waals surface area contributed by atoms with Crippen LogP contribution in [0.5, 0.6) is 5.75 Å². The molecule has 2 aromatic rings. The van der Waals surface area contributed by atoms with Crippen molar-refractivity contribution in [3.63, 3.8) is 0 Å². The molecule has 1 atom stereocenters. The molecule has 1 aliphatic rings. The third-order valence-corrected chi connectivity index (χ3v) is 4.09. The molecule has 3 heteroatoms. The van der Waals surface area contributed by atoms with Crippen LogP contribution in [-0.2, 0) is 19.3 Å². The number of nitrogens with two attached hydrogens (primary N) is 1. The molecule has 1 heterocycles. The Kier molecular flexibility index (Phi) is 3.92. The first-order valence-electron chi connectivity index (χ1n) is 7.30. The van der Waals surface area contributed by atoms with E-state index in [-0.39, 0.29) is 5.54 Å². The summed E-state index contributed by atoms with van der Waals surface area (Å²) in [6, 6.07) is 14.3. The van der Waals surface area contributed by atoms with Crippen molar-refractivity contribution in [2.75, 3.05) is 6.61 Å². The van der Waals surface area contributed by atoms with E-state index in [2.05, 4.69) is 19.1 Å². The Hall–Kier alpha value is -1.51. The molecule has 2 aromatic carbocycles. The first-order chi connectivity index (χ1) is 10.0. The lowest BCUT2D eigenvalue weighted by molar-refractivity contribution is 0.348. The second-order valence-electron chi connectivity index (χ2n) is 6.14. The van der Waals surface area contributed by atoms with Gasteiger partial charge in [0.1, 0.15) is 5.75 Å². The first-order valence-corrected chi connectivity index (χ1v) is 7.68. The third kappa shape index (κ3) is 3.39. The van der Waals surface area contributed by atoms with Gasteiger partial charge in [-0.1, -0.05) is 41.9 Å². The molecule has 0 bridgehead atoms. The zero-order valence-electron chi connectivity index (χ0n) is 12.2. The molecule has 1 unspecified atom stereocenters. The topological polar surface area (TPSA) is 35.2 Å². The monoisotopic (exact) mass is 301 g/mol. The quantitative estimate of drug-likeness (QED) is 0.933. The average Bonchev–Trinajstić information content (AvgIpc) is 2.87. The van der Waals surface area contributed by atoms with Crippen molar-refractivity contribution in [1.82, 2.24) is 0 Å². The van der Waals surface area contributed by atoms with E-state index in [4.69, 9.17) is 22.1 Å². The molecule has 0 saturated heterocycles. The maximum atomic E-state index is 6.53. The van der Waals surface area contributed by atoms with Gasteiger partial charge in [-0.3, -0.25) is 0 Å². The third-order valence-electron chi connectivity index (χ3n) is 3.87. The Morgan fingerprint density at radius 1 is 1.19 bits per heavy atom. The van der Waals surface area contributed by atoms with E-state index in [1.54, 1.807) is 0 Å². The predicted molar refractivity (Wildman–Crippen MR) is 87.1 cm³/mol. The minimum Gasteiger partial charge on any atom is -0.493 e. The Labute approximate surface area is 130 Å². The SMILES string of the molecule is CC(N)(Cc1ccccc1)Cc1cc(Cl)cc2c1OCC2. The summed E-state index contributed by atoms with van der Waals surface area (Å²) in [5.41, 5.74) is 9.77. The van der Waals surface area contributed by atoms with Crippen molar-refractivity contribution in [2.24, 2.45) is 5.73 Å². The molecular formula is C18H20ClNO. The smallest absolute Gasteiger partial charge is 0.125 e. The van der Waals surface area contributed by atoms with Crippen molar-refractivity contribution in [3.8, 4) is 5.75 Å². The zero-order valence-corrected chi connectivity index (χ0v) is 13.0. The van der Waals surface area contributed by atoms with Gasteiger partial charge in [-0.2, -0.15) is 0 Å². The molecule has 0 saturated carbocycles. The summed E-state index contributed by atoms with van der Waals surface area (Å²) in [5.74, 6) is 0.990. The summed E-state index contributed by atoms with van der Waals surface area (Å²) in [5, 5.41) is 0.768. The largest absolute Gasteiger partial charge is 0.493 e. The van der Waals surface area contributed by atoms with Crippen LogP contribution in [0.1, 0.15) is 23.6 Å². The molecule has 110 valence electrons. The zero-order chi connectivity index (χ0) is 14.9. The van der Waals surface area contributed by atoms with E-state index in [0.29, 0.717) is 0 Å². The Balaban J connectivity index is 1.83. The van der Waals surface area contributed by atoms with Gasteiger partial charge >= 0.3 is 0 Å². The summed E-state index contributed by atoms with van der Waals surface area (Å²) in [6.45, 7) is 2.82. The van der Waals surface area contributed by atoms with Crippen LogP contribution >= 0.6 is 11.6 Å². The van der Waals surface area contributed by atoms with Gasteiger partial charge in [0, 0.05) is 17.0 Å². The number of hydrogen-bond donors (Lipinski definition) is 1. The van der Waals surface area contributed by atoms with E-state index in [1.165, 1.54) is 11.1 Å². The molecule has 21 heavy (non-hydrogen) atoms. The minimum absolute atomic E-state index is 0.328. The van der Waals surface area contributed by atoms with E-state index in [0.717, 1.165) is 42.2 Å². The van der Waals surface area contributed by atoms with Crippen LogP contribution in [0.15, 0.2) is 42.5 Å². The highest BCUT2D eigenvalue weighted by atomic mass is 35.5. The number of hydrogen-bond acceptors (Lipinski definition) is 2. The van der Waals surface area contributed by atoms with Crippen molar-refractivity contribution in [1.29, 1.82) is 0 Å². The highest BCUT2D eigenvalue weighted by Gasteiger charge is 2.25. The van der Waals surface area contributed by atoms with E-state index in [9.17, 15) is 0 Å². The van der Waals surface area contributed by atoms with Gasteiger partial charge in [-0.05, 0) is 48.6 Å². The van der Waals surface area contributed by atoms with Crippen LogP contribution in [0.4, 0.5) is 0 Å². The molecule has 1 aliphatic heterocycles. The number of fused-ring (bicyclic) bond motifs is 1. The van der Waals surface area contributed by atoms with Crippen molar-refractivity contribution in [2.45, 2.75) is 31.7 Å². The van der Waals surface area contributed by atoms with Gasteiger partial charge in [-0.25, -0.2) is 0 Å². The van der Waals surface area contributed by atoms with Crippen molar-refractivity contribution in [3.05, 3.63) is 64.2 Å². The van der Waals surface area contributed by atoms with E-state index in [1.807, 2.05) is 30.3 Å². The summed E-state index contributed by atoms with van der Waals surface area (Å²) in [7, 11) is 0. The molecule has 0 aliphatic carbocycles. The lowest BCUT2D eigenvalue weighted by Crippen LogP contribution is -2.41. The number of halogens is 1. The fourth-order valence-electron chi connectivity index (χ4n) is 3.04. The summed E-state index contributed by atoms with van der Waals surface area (Å²) >= 11 is 6.22. The minimum atomic E-state index is -0.328. The molecule has 0 aromatic heterocycles. The molecular weight excluding hydrogens is 282 g/mol. The first kappa shape index (κ1) is 14.4. The number of benzene rings is 2. The van der Waals surface area contributed by atoms with Crippen molar-refractivity contribution < 1.29 is 4.74 Å². The maximum Gasteiger partial charge on any atom is 0.125 e. The second-order valence-corrected chi connectivity index (χ2v) is 6.58. The number of ether oxygens (including phenoxy) is 1. The molecule has 0 radical (unpaired) electrons. The fraction of sp³-hybridized carbons (Fsp3) is 0.333. The molecule has 2 nitrogen and oxygen atoms in total. The van der Waals surface area contributed by atoms with Gasteiger partial charge in [0.05, 0.1) is 6.61 Å². The van der Waals surface area contributed by atoms with E-state index >= 15 is 0 Å². The average molecular weight is 302 g/mol. The summed E-state index contributed by atoms with van der Waals surface area (Å²) < 4.78 is 5.77. The van der Waals surface area contributed by atoms with Crippen LogP contribution in [0.3, 0.4) is 0 Å². The van der Waals surface area contributed by atoms with Gasteiger partial charge in [0.15, 0.2) is 0 Å². The standard InChI is InChI=1S/C18H20ClNO/c1-18(20,11-13-5-3-2-4-6-13)12-15-10-16(19)9-14-7-8-21-17(14)15/h2-6,9-10H,7-8,11-12,20H2,1H3. The van der Waals surface area contributed by atoms with Crippen molar-refractivity contribution >= 4 is 11.6 Å². The van der Waals surface area contributed by atoms with Crippen LogP contribution in [0.25, 0.3) is 0 Å². The molecule has 0 amide bonds. The molecule has 0 fully saturated rings. The van der Waals surface area contributed by atoms with Gasteiger partial charge in [0.2, 0.25) is 0 Å². The van der Waals surface area contributed by atoms with Gasteiger partial charge in [-0.15, -0.1) is 0 Å². The van der Waals surface area contributed by atoms with Crippen LogP contribution in [-0.4, -0.2) is 12.1 Å². The molecule has 2 N–H and O–H groups in total. The Bertz CT molecular complexity index is 637. The number of rotatable bonds is 4. The highest BCUT2D eigenvalue weighted by molar-refractivity contribution is 6.30. The lowest BCUT2D eigenvalue weighted by Gasteiger charge is -2.26. The molecule has 3 rings (SSSR count). The predicted octanol–water partition coefficient (Wildman–Crippen LogP) is 3.78. The van der Waals surface area contributed by atoms with Crippen LogP contribution < -0.4 is 10.5 Å². The normalized spacial score (nSPS) is 16.1. The summed E-state index contributed by atoms with van der Waals surface area (Å²) in [6.07, 6.45) is 2.52. The van der Waals surface area contributed by atoms with E-state index < -0.39 is 0 Å².